The molecule has 0 bridgehead atoms. The molecular formula is C21H26FN10O13P2+. The molecule has 6 heterocycles. The van der Waals surface area contributed by atoms with Gasteiger partial charge in [0, 0.05) is 11.2 Å². The number of ether oxygens (including phenoxy) is 2. The second-order valence-corrected chi connectivity index (χ2v) is 12.3. The largest absolute Gasteiger partial charge is 0.695 e. The number of nitrogen functional groups attached to an aromatic ring is 2. The van der Waals surface area contributed by atoms with Crippen molar-refractivity contribution < 1.29 is 61.7 Å². The molecule has 0 aromatic carbocycles. The van der Waals surface area contributed by atoms with Crippen LogP contribution < -0.4 is 17.0 Å². The van der Waals surface area contributed by atoms with Crippen LogP contribution in [-0.2, 0) is 32.2 Å². The van der Waals surface area contributed by atoms with Crippen molar-refractivity contribution in [3.63, 3.8) is 0 Å². The van der Waals surface area contributed by atoms with Gasteiger partial charge in [-0.1, -0.05) is 0 Å². The van der Waals surface area contributed by atoms with Gasteiger partial charge in [-0.2, -0.15) is 19.3 Å². The van der Waals surface area contributed by atoms with Crippen molar-refractivity contribution in [2.45, 2.75) is 55.5 Å². The second-order valence-electron chi connectivity index (χ2n) is 10.2. The molecule has 0 aliphatic carbocycles. The van der Waals surface area contributed by atoms with Gasteiger partial charge in [0.25, 0.3) is 5.56 Å². The topological polar surface area (TPSA) is 341 Å². The number of phosphoric acid groups is 1. The van der Waals surface area contributed by atoms with Gasteiger partial charge in [-0.05, 0) is 6.42 Å². The molecule has 10 atom stereocenters. The fraction of sp³-hybridized carbons (Fsp3) is 0.524. The lowest BCUT2D eigenvalue weighted by Gasteiger charge is -2.24. The number of nitrogens with two attached hydrogens (primary N) is 2. The number of anilines is 2. The molecule has 254 valence electrons. The highest BCUT2D eigenvalue weighted by Gasteiger charge is 2.53. The van der Waals surface area contributed by atoms with Gasteiger partial charge in [0.2, 0.25) is 5.95 Å². The highest BCUT2D eigenvalue weighted by molar-refractivity contribution is 7.47. The fourth-order valence-electron chi connectivity index (χ4n) is 5.32. The minimum Gasteiger partial charge on any atom is -0.396 e. The number of aromatic nitrogens is 8. The minimum absolute atomic E-state index is 0.0552. The van der Waals surface area contributed by atoms with Crippen molar-refractivity contribution in [3.8, 4) is 0 Å². The zero-order valence-electron chi connectivity index (χ0n) is 23.5. The lowest BCUT2D eigenvalue weighted by atomic mass is 10.1. The molecule has 0 amide bonds. The zero-order chi connectivity index (χ0) is 33.8. The van der Waals surface area contributed by atoms with Crippen LogP contribution in [0.4, 0.5) is 16.2 Å². The number of H-pyrrole nitrogens is 1. The summed E-state index contributed by atoms with van der Waals surface area (Å²) in [5, 5.41) is 31.3. The van der Waals surface area contributed by atoms with E-state index in [1.54, 1.807) is 0 Å². The van der Waals surface area contributed by atoms with E-state index in [9.17, 15) is 43.4 Å². The molecule has 0 spiro atoms. The maximum absolute atomic E-state index is 13.9. The highest BCUT2D eigenvalue weighted by Crippen LogP contribution is 2.50. The number of rotatable bonds is 11. The average Bonchev–Trinajstić information content (AvgIpc) is 3.74. The predicted molar refractivity (Wildman–Crippen MR) is 149 cm³/mol. The molecule has 4 aromatic rings. The number of nitrogens with one attached hydrogen (secondary N) is 1. The maximum atomic E-state index is 13.9. The zero-order valence-corrected chi connectivity index (χ0v) is 25.2. The minimum atomic E-state index is -5.22. The first-order valence-corrected chi connectivity index (χ1v) is 16.0. The van der Waals surface area contributed by atoms with Crippen molar-refractivity contribution >= 4 is 50.2 Å². The molecule has 10 N–H and O–H groups in total. The van der Waals surface area contributed by atoms with E-state index >= 15 is 0 Å². The molecule has 2 aliphatic rings. The quantitative estimate of drug-likeness (QED) is 0.0600. The van der Waals surface area contributed by atoms with E-state index in [-0.39, 0.29) is 40.5 Å². The van der Waals surface area contributed by atoms with Gasteiger partial charge in [-0.3, -0.25) is 28.0 Å². The molecule has 4 aromatic heterocycles. The van der Waals surface area contributed by atoms with Crippen molar-refractivity contribution in [1.82, 2.24) is 39.0 Å². The van der Waals surface area contributed by atoms with Crippen LogP contribution in [0.15, 0.2) is 17.4 Å². The van der Waals surface area contributed by atoms with Gasteiger partial charge in [-0.25, -0.2) is 14.5 Å². The average molecular weight is 707 g/mol. The van der Waals surface area contributed by atoms with Crippen LogP contribution in [0.3, 0.4) is 0 Å². The van der Waals surface area contributed by atoms with E-state index in [1.807, 2.05) is 0 Å². The molecule has 0 radical (unpaired) electrons. The summed E-state index contributed by atoms with van der Waals surface area (Å²) in [6.45, 7) is -1.36. The predicted octanol–water partition coefficient (Wildman–Crippen LogP) is -2.30. The lowest BCUT2D eigenvalue weighted by Crippen LogP contribution is -2.36. The van der Waals surface area contributed by atoms with Crippen LogP contribution in [0.25, 0.3) is 22.3 Å². The number of hydrogen-bond acceptors (Lipinski definition) is 18. The van der Waals surface area contributed by atoms with Crippen molar-refractivity contribution in [3.05, 3.63) is 29.1 Å². The Balaban J connectivity index is 1.23. The Morgan fingerprint density at radius 2 is 1.68 bits per heavy atom. The molecule has 2 saturated heterocycles. The Morgan fingerprint density at radius 3 is 2.38 bits per heavy atom. The summed E-state index contributed by atoms with van der Waals surface area (Å²) in [6, 6.07) is 0. The molecule has 47 heavy (non-hydrogen) atoms. The first-order chi connectivity index (χ1) is 22.3. The van der Waals surface area contributed by atoms with E-state index < -0.39 is 90.0 Å². The molecule has 0 saturated carbocycles. The van der Waals surface area contributed by atoms with Crippen LogP contribution in [0.1, 0.15) is 18.9 Å². The summed E-state index contributed by atoms with van der Waals surface area (Å²) in [5.41, 5.74) is 10.1. The number of halogens is 1. The van der Waals surface area contributed by atoms with E-state index in [1.165, 1.54) is 0 Å². The standard InChI is InChI=1S/C21H25FN10O13P2/c22-20-27-14(23)8-15(28-20)31(4-25-8)18-11(35)12(44-46(37)38)7(43-18)3-41-47(39,40)45-13-10(34)6(1-2-33)42-19(13)32-5-26-9-16(32)29-21(24)30-17(9)36/h4-7,10-13,18-19,33-35H,1-3H2,(H6-,23,24,27,28,29,30,36,37,38,39,40)/p+1. The molecule has 2 aliphatic heterocycles. The Hall–Kier alpha value is -3.64. The summed E-state index contributed by atoms with van der Waals surface area (Å²) in [4.78, 5) is 53.5. The number of fused-ring (bicyclic) bond motifs is 2. The maximum Gasteiger partial charge on any atom is 0.695 e. The van der Waals surface area contributed by atoms with E-state index in [4.69, 9.17) is 34.5 Å². The van der Waals surface area contributed by atoms with Crippen LogP contribution >= 0.6 is 16.1 Å². The van der Waals surface area contributed by atoms with Gasteiger partial charge in [-0.15, -0.1) is 9.42 Å². The van der Waals surface area contributed by atoms with E-state index in [2.05, 4.69) is 29.9 Å². The van der Waals surface area contributed by atoms with Gasteiger partial charge < -0.3 is 41.2 Å². The fourth-order valence-corrected chi connectivity index (χ4v) is 6.72. The van der Waals surface area contributed by atoms with Crippen molar-refractivity contribution in [2.24, 2.45) is 0 Å². The van der Waals surface area contributed by atoms with Gasteiger partial charge in [0.05, 0.1) is 25.4 Å². The Bertz CT molecular complexity index is 1930. The first kappa shape index (κ1) is 33.3. The molecule has 23 nitrogen and oxygen atoms in total. The Labute approximate surface area is 260 Å². The van der Waals surface area contributed by atoms with Crippen LogP contribution in [0, 0.1) is 6.08 Å². The number of imidazole rings is 2. The van der Waals surface area contributed by atoms with Crippen LogP contribution in [0.2, 0.25) is 0 Å². The third-order valence-electron chi connectivity index (χ3n) is 7.32. The number of aromatic amines is 1. The Kier molecular flexibility index (Phi) is 9.03. The molecule has 10 unspecified atom stereocenters. The molecule has 2 fully saturated rings. The monoisotopic (exact) mass is 707 g/mol. The van der Waals surface area contributed by atoms with Gasteiger partial charge in [0.15, 0.2) is 46.7 Å². The SMILES string of the molecule is Nc1nc2c(ncn2C2OC(CCO)C(O)C2OP(=O)(O)OCC2OC(n3cnc4c(N)nc(F)nc43)C(O)C2O[P+](=O)O)c(=O)[nH]1. The highest BCUT2D eigenvalue weighted by atomic mass is 31.2. The van der Waals surface area contributed by atoms with Crippen molar-refractivity contribution in [1.29, 1.82) is 0 Å². The van der Waals surface area contributed by atoms with Crippen molar-refractivity contribution in [2.75, 3.05) is 24.7 Å². The normalized spacial score (nSPS) is 29.5. The smallest absolute Gasteiger partial charge is 0.396 e. The van der Waals surface area contributed by atoms with E-state index in [0.29, 0.717) is 0 Å². The summed E-state index contributed by atoms with van der Waals surface area (Å²) in [5.74, 6) is -0.609. The molecular weight excluding hydrogens is 681 g/mol. The third kappa shape index (κ3) is 6.34. The number of aliphatic hydroxyl groups is 3. The Morgan fingerprint density at radius 1 is 1.02 bits per heavy atom. The summed E-state index contributed by atoms with van der Waals surface area (Å²) >= 11 is 0. The second kappa shape index (κ2) is 12.8. The number of phosphoric ester groups is 1. The number of aliphatic hydroxyl groups excluding tert-OH is 3. The third-order valence-corrected chi connectivity index (χ3v) is 8.73. The van der Waals surface area contributed by atoms with Crippen LogP contribution in [-0.4, -0.2) is 114 Å². The van der Waals surface area contributed by atoms with E-state index in [0.717, 1.165) is 21.8 Å². The molecule has 26 heteroatoms. The summed E-state index contributed by atoms with van der Waals surface area (Å²) < 4.78 is 67.6. The number of hydrogen-bond donors (Lipinski definition) is 8. The molecule has 6 rings (SSSR count). The number of nitrogens with zero attached hydrogens (tertiary/aromatic N) is 7. The summed E-state index contributed by atoms with van der Waals surface area (Å²) in [6.07, 6.45) is -11.6. The lowest BCUT2D eigenvalue weighted by molar-refractivity contribution is -0.0593. The summed E-state index contributed by atoms with van der Waals surface area (Å²) in [7, 11) is -8.57. The van der Waals surface area contributed by atoms with Gasteiger partial charge in [0.1, 0.15) is 24.4 Å². The first-order valence-electron chi connectivity index (χ1n) is 13.4. The van der Waals surface area contributed by atoms with Gasteiger partial charge >= 0.3 is 22.2 Å². The van der Waals surface area contributed by atoms with Crippen LogP contribution in [0.5, 0.6) is 0 Å².